The molecule has 0 atom stereocenters. The number of rotatable bonds is 8. The van der Waals surface area contributed by atoms with Gasteiger partial charge in [-0.1, -0.05) is 30.3 Å². The van der Waals surface area contributed by atoms with Gasteiger partial charge in [0.1, 0.15) is 5.69 Å². The molecule has 0 radical (unpaired) electrons. The molecule has 9 heteroatoms. The summed E-state index contributed by atoms with van der Waals surface area (Å²) in [5.74, 6) is 0.952. The van der Waals surface area contributed by atoms with Crippen LogP contribution in [-0.4, -0.2) is 52.7 Å². The van der Waals surface area contributed by atoms with Crippen LogP contribution in [0.25, 0.3) is 0 Å². The van der Waals surface area contributed by atoms with Gasteiger partial charge in [-0.3, -0.25) is 4.79 Å². The van der Waals surface area contributed by atoms with Crippen molar-refractivity contribution < 1.29 is 0 Å². The third-order valence-electron chi connectivity index (χ3n) is 6.90. The molecule has 1 saturated heterocycles. The van der Waals surface area contributed by atoms with E-state index >= 15 is 0 Å². The monoisotopic (exact) mass is 573 g/mol. The zero-order valence-electron chi connectivity index (χ0n) is 21.6. The van der Waals surface area contributed by atoms with Gasteiger partial charge < -0.3 is 25.0 Å². The predicted molar refractivity (Wildman–Crippen MR) is 158 cm³/mol. The molecule has 3 heterocycles. The van der Waals surface area contributed by atoms with Crippen LogP contribution < -0.4 is 21.1 Å². The first-order valence-electron chi connectivity index (χ1n) is 12.8. The molecule has 5 rings (SSSR count). The Hall–Kier alpha value is -3.69. The fraction of sp³-hybridized carbons (Fsp3) is 0.276. The quantitative estimate of drug-likeness (QED) is 0.289. The molecule has 196 valence electrons. The Morgan fingerprint density at radius 3 is 2.42 bits per heavy atom. The number of anilines is 5. The molecule has 2 aromatic carbocycles. The van der Waals surface area contributed by atoms with E-state index in [0.29, 0.717) is 34.5 Å². The number of piperidine rings is 1. The Bertz CT molecular complexity index is 1420. The van der Waals surface area contributed by atoms with Gasteiger partial charge in [0.2, 0.25) is 5.95 Å². The second-order valence-corrected chi connectivity index (χ2v) is 10.6. The first kappa shape index (κ1) is 25.9. The normalized spacial score (nSPS) is 14.1. The zero-order valence-corrected chi connectivity index (χ0v) is 23.2. The summed E-state index contributed by atoms with van der Waals surface area (Å²) in [5.41, 5.74) is 3.50. The van der Waals surface area contributed by atoms with E-state index in [2.05, 4.69) is 72.6 Å². The van der Waals surface area contributed by atoms with E-state index in [-0.39, 0.29) is 5.56 Å². The highest BCUT2D eigenvalue weighted by molar-refractivity contribution is 9.10. The van der Waals surface area contributed by atoms with Gasteiger partial charge in [-0.15, -0.1) is 0 Å². The summed E-state index contributed by atoms with van der Waals surface area (Å²) >= 11 is 3.50. The molecule has 0 aliphatic carbocycles. The molecule has 2 aromatic heterocycles. The highest BCUT2D eigenvalue weighted by Gasteiger charge is 2.20. The van der Waals surface area contributed by atoms with Crippen LogP contribution in [0.2, 0.25) is 0 Å². The SMILES string of the molecule is CN(C)C1CCN(c2ccc(Nc3ncc(Br)c(Nc4cccn(Cc5ccccc5)c4=O)n3)cc2)CC1. The Labute approximate surface area is 231 Å². The van der Waals surface area contributed by atoms with Crippen LogP contribution in [0.1, 0.15) is 18.4 Å². The molecule has 0 amide bonds. The van der Waals surface area contributed by atoms with Crippen molar-refractivity contribution in [1.82, 2.24) is 19.4 Å². The molecule has 0 spiro atoms. The van der Waals surface area contributed by atoms with E-state index in [1.165, 1.54) is 18.5 Å². The number of pyridine rings is 1. The van der Waals surface area contributed by atoms with Crippen LogP contribution in [-0.2, 0) is 6.54 Å². The van der Waals surface area contributed by atoms with E-state index in [9.17, 15) is 4.79 Å². The van der Waals surface area contributed by atoms with Gasteiger partial charge in [0, 0.05) is 42.9 Å². The van der Waals surface area contributed by atoms with Crippen LogP contribution in [0.3, 0.4) is 0 Å². The Morgan fingerprint density at radius 1 is 0.974 bits per heavy atom. The minimum absolute atomic E-state index is 0.124. The lowest BCUT2D eigenvalue weighted by Crippen LogP contribution is -2.41. The minimum Gasteiger partial charge on any atom is -0.371 e. The number of benzene rings is 2. The number of nitrogens with one attached hydrogen (secondary N) is 2. The number of halogens is 1. The zero-order chi connectivity index (χ0) is 26.5. The molecule has 38 heavy (non-hydrogen) atoms. The van der Waals surface area contributed by atoms with Gasteiger partial charge >= 0.3 is 0 Å². The topological polar surface area (TPSA) is 78.3 Å². The lowest BCUT2D eigenvalue weighted by Gasteiger charge is -2.36. The van der Waals surface area contributed by atoms with Crippen LogP contribution in [0, 0.1) is 0 Å². The number of aromatic nitrogens is 3. The molecule has 1 aliphatic rings. The summed E-state index contributed by atoms with van der Waals surface area (Å²) in [6.45, 7) is 2.62. The molecule has 0 saturated carbocycles. The van der Waals surface area contributed by atoms with Gasteiger partial charge in [0.15, 0.2) is 5.82 Å². The predicted octanol–water partition coefficient (Wildman–Crippen LogP) is 5.47. The highest BCUT2D eigenvalue weighted by atomic mass is 79.9. The molecule has 8 nitrogen and oxygen atoms in total. The summed E-state index contributed by atoms with van der Waals surface area (Å²) in [5, 5.41) is 6.45. The van der Waals surface area contributed by atoms with Crippen molar-refractivity contribution in [2.24, 2.45) is 0 Å². The second kappa shape index (κ2) is 11.8. The van der Waals surface area contributed by atoms with Crippen molar-refractivity contribution in [3.8, 4) is 0 Å². The van der Waals surface area contributed by atoms with Gasteiger partial charge in [-0.05, 0) is 84.8 Å². The first-order chi connectivity index (χ1) is 18.5. The molecular weight excluding hydrogens is 542 g/mol. The largest absolute Gasteiger partial charge is 0.371 e. The van der Waals surface area contributed by atoms with Crippen LogP contribution in [0.4, 0.5) is 28.8 Å². The average molecular weight is 575 g/mol. The lowest BCUT2D eigenvalue weighted by molar-refractivity contribution is 0.249. The smallest absolute Gasteiger partial charge is 0.274 e. The first-order valence-corrected chi connectivity index (χ1v) is 13.6. The van der Waals surface area contributed by atoms with Crippen LogP contribution in [0.5, 0.6) is 0 Å². The Kier molecular flexibility index (Phi) is 8.05. The standard InChI is InChI=1S/C29H32BrN7O/c1-35(2)23-14-17-36(18-15-23)24-12-10-22(11-13-24)32-29-31-19-25(30)27(34-29)33-26-9-6-16-37(28(26)38)20-21-7-4-3-5-8-21/h3-13,16,19,23H,14-15,17-18,20H2,1-2H3,(H2,31,32,33,34). The Morgan fingerprint density at radius 2 is 1.71 bits per heavy atom. The van der Waals surface area contributed by atoms with Crippen molar-refractivity contribution in [2.45, 2.75) is 25.4 Å². The summed E-state index contributed by atoms with van der Waals surface area (Å²) in [7, 11) is 4.32. The van der Waals surface area contributed by atoms with Gasteiger partial charge in [-0.25, -0.2) is 4.98 Å². The highest BCUT2D eigenvalue weighted by Crippen LogP contribution is 2.26. The van der Waals surface area contributed by atoms with Gasteiger partial charge in [0.05, 0.1) is 11.0 Å². The molecule has 1 aliphatic heterocycles. The van der Waals surface area contributed by atoms with E-state index in [4.69, 9.17) is 0 Å². The molecule has 2 N–H and O–H groups in total. The molecular formula is C29H32BrN7O. The Balaban J connectivity index is 1.26. The molecule has 0 unspecified atom stereocenters. The third kappa shape index (κ3) is 6.23. The second-order valence-electron chi connectivity index (χ2n) is 9.71. The molecule has 0 bridgehead atoms. The van der Waals surface area contributed by atoms with Crippen LogP contribution in [0.15, 0.2) is 88.4 Å². The van der Waals surface area contributed by atoms with Crippen molar-refractivity contribution in [3.05, 3.63) is 99.5 Å². The van der Waals surface area contributed by atoms with Crippen molar-refractivity contribution in [3.63, 3.8) is 0 Å². The van der Waals surface area contributed by atoms with Crippen LogP contribution >= 0.6 is 15.9 Å². The summed E-state index contributed by atoms with van der Waals surface area (Å²) in [6.07, 6.45) is 5.81. The average Bonchev–Trinajstić information content (AvgIpc) is 2.94. The maximum atomic E-state index is 13.1. The maximum Gasteiger partial charge on any atom is 0.274 e. The summed E-state index contributed by atoms with van der Waals surface area (Å²) in [6, 6.07) is 22.5. The summed E-state index contributed by atoms with van der Waals surface area (Å²) in [4.78, 5) is 26.9. The molecule has 1 fully saturated rings. The maximum absolute atomic E-state index is 13.1. The van der Waals surface area contributed by atoms with E-state index in [1.807, 2.05) is 48.5 Å². The number of hydrogen-bond donors (Lipinski definition) is 2. The van der Waals surface area contributed by atoms with Crippen molar-refractivity contribution >= 4 is 44.8 Å². The summed E-state index contributed by atoms with van der Waals surface area (Å²) < 4.78 is 2.34. The lowest BCUT2D eigenvalue weighted by atomic mass is 10.0. The van der Waals surface area contributed by atoms with Gasteiger partial charge in [0.25, 0.3) is 5.56 Å². The van der Waals surface area contributed by atoms with E-state index in [0.717, 1.165) is 24.3 Å². The number of nitrogens with zero attached hydrogens (tertiary/aromatic N) is 5. The fourth-order valence-electron chi connectivity index (χ4n) is 4.70. The molecule has 4 aromatic rings. The minimum atomic E-state index is -0.124. The van der Waals surface area contributed by atoms with Crippen molar-refractivity contribution in [2.75, 3.05) is 42.7 Å². The third-order valence-corrected chi connectivity index (χ3v) is 7.48. The van der Waals surface area contributed by atoms with E-state index in [1.54, 1.807) is 23.0 Å². The van der Waals surface area contributed by atoms with Crippen molar-refractivity contribution in [1.29, 1.82) is 0 Å². The fourth-order valence-corrected chi connectivity index (χ4v) is 4.99. The van der Waals surface area contributed by atoms with Gasteiger partial charge in [-0.2, -0.15) is 4.98 Å². The van der Waals surface area contributed by atoms with E-state index < -0.39 is 0 Å². The number of hydrogen-bond acceptors (Lipinski definition) is 7.